The van der Waals surface area contributed by atoms with Gasteiger partial charge < -0.3 is 4.74 Å². The van der Waals surface area contributed by atoms with E-state index in [-0.39, 0.29) is 0 Å². The van der Waals surface area contributed by atoms with Gasteiger partial charge in [0.05, 0.1) is 7.11 Å². The maximum absolute atomic E-state index is 5.59. The molecule has 1 aromatic carbocycles. The molecule has 0 amide bonds. The molecule has 0 spiro atoms. The molecule has 7 rings (SSSR count). The van der Waals surface area contributed by atoms with Crippen LogP contribution in [0, 0.1) is 35.5 Å². The van der Waals surface area contributed by atoms with E-state index < -0.39 is 0 Å². The van der Waals surface area contributed by atoms with E-state index in [1.54, 1.807) is 11.1 Å². The first-order chi connectivity index (χ1) is 7.93. The fraction of sp³-hybridized carbons (Fsp3) is 0.600. The first-order valence-electron chi connectivity index (χ1n) is 6.60. The first kappa shape index (κ1) is 7.37. The van der Waals surface area contributed by atoms with Crippen molar-refractivity contribution in [1.82, 2.24) is 0 Å². The molecule has 6 aliphatic rings. The fourth-order valence-electron chi connectivity index (χ4n) is 6.60. The van der Waals surface area contributed by atoms with E-state index in [0.717, 1.165) is 41.4 Å². The summed E-state index contributed by atoms with van der Waals surface area (Å²) in [7, 11) is 1.83. The maximum atomic E-state index is 5.59. The Kier molecular flexibility index (Phi) is 0.843. The van der Waals surface area contributed by atoms with Crippen molar-refractivity contribution in [2.75, 3.05) is 7.11 Å². The van der Waals surface area contributed by atoms with Gasteiger partial charge in [-0.3, -0.25) is 0 Å². The van der Waals surface area contributed by atoms with Crippen molar-refractivity contribution in [1.29, 1.82) is 0 Å². The van der Waals surface area contributed by atoms with Crippen LogP contribution in [-0.4, -0.2) is 7.11 Å². The third-order valence-electron chi connectivity index (χ3n) is 6.78. The Morgan fingerprint density at radius 3 is 2.25 bits per heavy atom. The van der Waals surface area contributed by atoms with Crippen molar-refractivity contribution >= 4 is 0 Å². The monoisotopic (exact) mass is 210 g/mol. The number of benzene rings is 1. The molecule has 2 bridgehead atoms. The van der Waals surface area contributed by atoms with Crippen LogP contribution < -0.4 is 4.74 Å². The molecule has 0 aliphatic heterocycles. The number of ether oxygens (including phenoxy) is 1. The highest BCUT2D eigenvalue weighted by Gasteiger charge is 2.89. The lowest BCUT2D eigenvalue weighted by atomic mass is 9.11. The Hall–Kier alpha value is -0.980. The number of methoxy groups -OCH3 is 1. The SMILES string of the molecule is COc1cccc2c1C1[C@H]3C4C5[C@H]3C2[C@H]5[C@@H]14. The van der Waals surface area contributed by atoms with Crippen LogP contribution in [0.5, 0.6) is 5.75 Å². The molecule has 0 saturated heterocycles. The summed E-state index contributed by atoms with van der Waals surface area (Å²) in [5.41, 5.74) is 3.29. The minimum atomic E-state index is 0.904. The molecule has 1 aromatic rings. The van der Waals surface area contributed by atoms with Crippen molar-refractivity contribution in [3.63, 3.8) is 0 Å². The standard InChI is InChI=1S/C15H14O/c1-16-6-4-2-3-5-7(6)9-12-10-8(5)11-13(9)15(12)14(10)11/h2-4,8-15H,1H3/t8?,9?,10-,11-,12+,13+,14?,15?/m0/s1. The third-order valence-corrected chi connectivity index (χ3v) is 6.78. The van der Waals surface area contributed by atoms with Crippen LogP contribution in [0.2, 0.25) is 0 Å². The van der Waals surface area contributed by atoms with E-state index in [1.807, 2.05) is 7.11 Å². The number of hydrogen-bond acceptors (Lipinski definition) is 1. The van der Waals surface area contributed by atoms with Crippen molar-refractivity contribution < 1.29 is 4.74 Å². The zero-order valence-corrected chi connectivity index (χ0v) is 9.26. The molecule has 4 fully saturated rings. The fourth-order valence-corrected chi connectivity index (χ4v) is 6.60. The highest BCUT2D eigenvalue weighted by atomic mass is 16.5. The van der Waals surface area contributed by atoms with Gasteiger partial charge in [-0.05, 0) is 59.0 Å². The molecule has 0 N–H and O–H groups in total. The van der Waals surface area contributed by atoms with Gasteiger partial charge in [-0.15, -0.1) is 0 Å². The minimum absolute atomic E-state index is 0.904. The molecule has 1 nitrogen and oxygen atoms in total. The first-order valence-corrected chi connectivity index (χ1v) is 6.60. The van der Waals surface area contributed by atoms with Gasteiger partial charge in [0.25, 0.3) is 0 Å². The predicted octanol–water partition coefficient (Wildman–Crippen LogP) is 2.63. The second-order valence-corrected chi connectivity index (χ2v) is 6.48. The summed E-state index contributed by atoms with van der Waals surface area (Å²) in [6.07, 6.45) is 0. The second-order valence-electron chi connectivity index (χ2n) is 6.48. The summed E-state index contributed by atoms with van der Waals surface area (Å²) in [5.74, 6) is 9.72. The van der Waals surface area contributed by atoms with Gasteiger partial charge in [-0.25, -0.2) is 0 Å². The molecule has 16 heavy (non-hydrogen) atoms. The van der Waals surface area contributed by atoms with Gasteiger partial charge in [-0.1, -0.05) is 12.1 Å². The smallest absolute Gasteiger partial charge is 0.122 e. The van der Waals surface area contributed by atoms with Gasteiger partial charge in [0, 0.05) is 5.56 Å². The van der Waals surface area contributed by atoms with Crippen LogP contribution in [0.4, 0.5) is 0 Å². The quantitative estimate of drug-likeness (QED) is 0.692. The van der Waals surface area contributed by atoms with E-state index >= 15 is 0 Å². The summed E-state index contributed by atoms with van der Waals surface area (Å²) in [4.78, 5) is 0. The summed E-state index contributed by atoms with van der Waals surface area (Å²) >= 11 is 0. The molecule has 0 unspecified atom stereocenters. The van der Waals surface area contributed by atoms with E-state index in [2.05, 4.69) is 18.2 Å². The molecule has 4 saturated carbocycles. The molecular formula is C15H14O. The Balaban J connectivity index is 1.69. The topological polar surface area (TPSA) is 9.23 Å². The van der Waals surface area contributed by atoms with E-state index in [0.29, 0.717) is 0 Å². The Bertz CT molecular complexity index is 528. The highest BCUT2D eigenvalue weighted by Crippen LogP contribution is 2.94. The summed E-state index contributed by atoms with van der Waals surface area (Å²) in [5, 5.41) is 0. The van der Waals surface area contributed by atoms with Crippen molar-refractivity contribution in [3.05, 3.63) is 29.3 Å². The third kappa shape index (κ3) is 0.419. The Labute approximate surface area is 94.8 Å². The molecular weight excluding hydrogens is 196 g/mol. The van der Waals surface area contributed by atoms with Crippen LogP contribution in [0.1, 0.15) is 23.0 Å². The Morgan fingerprint density at radius 2 is 1.56 bits per heavy atom. The molecule has 4 atom stereocenters. The van der Waals surface area contributed by atoms with Gasteiger partial charge in [0.1, 0.15) is 5.75 Å². The summed E-state index contributed by atoms with van der Waals surface area (Å²) in [6.45, 7) is 0. The van der Waals surface area contributed by atoms with Crippen LogP contribution in [0.3, 0.4) is 0 Å². The van der Waals surface area contributed by atoms with Gasteiger partial charge in [0.15, 0.2) is 0 Å². The summed E-state index contributed by atoms with van der Waals surface area (Å²) < 4.78 is 5.59. The average molecular weight is 210 g/mol. The zero-order valence-electron chi connectivity index (χ0n) is 9.26. The molecule has 0 radical (unpaired) electrons. The largest absolute Gasteiger partial charge is 0.496 e. The minimum Gasteiger partial charge on any atom is -0.496 e. The van der Waals surface area contributed by atoms with Crippen molar-refractivity contribution in [2.24, 2.45) is 35.5 Å². The van der Waals surface area contributed by atoms with Crippen LogP contribution in [-0.2, 0) is 0 Å². The zero-order chi connectivity index (χ0) is 10.2. The lowest BCUT2D eigenvalue weighted by molar-refractivity contribution is -0.407. The van der Waals surface area contributed by atoms with Crippen LogP contribution in [0.25, 0.3) is 0 Å². The molecule has 0 heterocycles. The predicted molar refractivity (Wildman–Crippen MR) is 59.4 cm³/mol. The molecule has 0 aromatic heterocycles. The molecule has 1 heteroatoms. The lowest BCUT2D eigenvalue weighted by Gasteiger charge is -2.92. The normalized spacial score (nSPS) is 59.6. The molecule has 80 valence electrons. The summed E-state index contributed by atoms with van der Waals surface area (Å²) in [6, 6.07) is 6.74. The van der Waals surface area contributed by atoms with Crippen LogP contribution in [0.15, 0.2) is 18.2 Å². The highest BCUT2D eigenvalue weighted by molar-refractivity contribution is 5.59. The molecule has 6 aliphatic carbocycles. The van der Waals surface area contributed by atoms with Gasteiger partial charge >= 0.3 is 0 Å². The number of rotatable bonds is 1. The van der Waals surface area contributed by atoms with Gasteiger partial charge in [-0.2, -0.15) is 0 Å². The van der Waals surface area contributed by atoms with Crippen molar-refractivity contribution in [2.45, 2.75) is 11.8 Å². The number of hydrogen-bond donors (Lipinski definition) is 0. The Morgan fingerprint density at radius 1 is 0.875 bits per heavy atom. The van der Waals surface area contributed by atoms with Crippen LogP contribution >= 0.6 is 0 Å². The van der Waals surface area contributed by atoms with Crippen molar-refractivity contribution in [3.8, 4) is 5.75 Å². The van der Waals surface area contributed by atoms with E-state index in [9.17, 15) is 0 Å². The average Bonchev–Trinajstić information content (AvgIpc) is 2.29. The maximum Gasteiger partial charge on any atom is 0.122 e. The lowest BCUT2D eigenvalue weighted by Crippen LogP contribution is -2.87. The van der Waals surface area contributed by atoms with Gasteiger partial charge in [0.2, 0.25) is 0 Å². The second kappa shape index (κ2) is 1.83. The van der Waals surface area contributed by atoms with E-state index in [4.69, 9.17) is 4.74 Å². The van der Waals surface area contributed by atoms with E-state index in [1.165, 1.54) is 11.7 Å².